The molecule has 0 bridgehead atoms. The number of rotatable bonds is 4. The molecule has 4 rings (SSSR count). The van der Waals surface area contributed by atoms with Crippen LogP contribution in [0.1, 0.15) is 36.5 Å². The zero-order valence-electron chi connectivity index (χ0n) is 16.2. The molecule has 0 amide bonds. The van der Waals surface area contributed by atoms with E-state index in [0.29, 0.717) is 16.9 Å². The standard InChI is InChI=1S/C22H19ClF3NO3/c1-2-3-4-13-9-20(28)30-21-15(13)6-8-19-16(21)11-27(12-29-19)18-10-14(22(24,25)26)5-7-17(18)23/h5-10H,2-4,11-12H2,1H3. The summed E-state index contributed by atoms with van der Waals surface area (Å²) < 4.78 is 50.7. The second-order valence-electron chi connectivity index (χ2n) is 7.25. The highest BCUT2D eigenvalue weighted by atomic mass is 35.5. The van der Waals surface area contributed by atoms with Crippen molar-refractivity contribution in [3.8, 4) is 5.75 Å². The Morgan fingerprint density at radius 2 is 1.97 bits per heavy atom. The van der Waals surface area contributed by atoms with Crippen LogP contribution in [0, 0.1) is 0 Å². The topological polar surface area (TPSA) is 42.7 Å². The fourth-order valence-electron chi connectivity index (χ4n) is 3.66. The maximum Gasteiger partial charge on any atom is 0.416 e. The molecule has 1 aliphatic heterocycles. The van der Waals surface area contributed by atoms with E-state index >= 15 is 0 Å². The summed E-state index contributed by atoms with van der Waals surface area (Å²) in [5, 5.41) is 0.989. The van der Waals surface area contributed by atoms with Gasteiger partial charge in [0, 0.05) is 11.5 Å². The molecule has 0 N–H and O–H groups in total. The molecule has 0 atom stereocenters. The van der Waals surface area contributed by atoms with Crippen molar-refractivity contribution >= 4 is 28.3 Å². The third-order valence-electron chi connectivity index (χ3n) is 5.20. The molecule has 0 saturated carbocycles. The van der Waals surface area contributed by atoms with E-state index in [-0.39, 0.29) is 24.0 Å². The lowest BCUT2D eigenvalue weighted by molar-refractivity contribution is -0.137. The monoisotopic (exact) mass is 437 g/mol. The molecule has 2 heterocycles. The Kier molecular flexibility index (Phi) is 5.40. The number of fused-ring (bicyclic) bond motifs is 3. The molecule has 1 aliphatic rings. The van der Waals surface area contributed by atoms with Crippen LogP contribution in [0.5, 0.6) is 5.75 Å². The smallest absolute Gasteiger partial charge is 0.416 e. The third kappa shape index (κ3) is 3.86. The first-order valence-corrected chi connectivity index (χ1v) is 9.99. The van der Waals surface area contributed by atoms with Crippen molar-refractivity contribution in [1.29, 1.82) is 0 Å². The minimum absolute atomic E-state index is 0.0271. The summed E-state index contributed by atoms with van der Waals surface area (Å²) >= 11 is 6.19. The Bertz CT molecular complexity index is 1160. The first kappa shape index (κ1) is 20.6. The molecule has 8 heteroatoms. The predicted octanol–water partition coefficient (Wildman–Crippen LogP) is 6.16. The maximum absolute atomic E-state index is 13.2. The second kappa shape index (κ2) is 7.87. The van der Waals surface area contributed by atoms with Crippen molar-refractivity contribution in [3.63, 3.8) is 0 Å². The van der Waals surface area contributed by atoms with E-state index < -0.39 is 17.4 Å². The molecule has 158 valence electrons. The van der Waals surface area contributed by atoms with E-state index in [1.54, 1.807) is 11.0 Å². The van der Waals surface area contributed by atoms with Crippen LogP contribution in [0.15, 0.2) is 45.6 Å². The number of aryl methyl sites for hydroxylation is 1. The van der Waals surface area contributed by atoms with Crippen molar-refractivity contribution in [2.24, 2.45) is 0 Å². The van der Waals surface area contributed by atoms with E-state index in [0.717, 1.165) is 42.3 Å². The minimum atomic E-state index is -4.48. The van der Waals surface area contributed by atoms with E-state index in [2.05, 4.69) is 6.92 Å². The van der Waals surface area contributed by atoms with Gasteiger partial charge in [0.25, 0.3) is 0 Å². The summed E-state index contributed by atoms with van der Waals surface area (Å²) in [5.41, 5.74) is 0.857. The Hall–Kier alpha value is -2.67. The molecule has 0 radical (unpaired) electrons. The van der Waals surface area contributed by atoms with E-state index in [4.69, 9.17) is 20.8 Å². The van der Waals surface area contributed by atoms with E-state index in [1.165, 1.54) is 12.1 Å². The molecule has 0 spiro atoms. The lowest BCUT2D eigenvalue weighted by Gasteiger charge is -2.32. The van der Waals surface area contributed by atoms with Gasteiger partial charge in [0.05, 0.1) is 28.4 Å². The predicted molar refractivity (Wildman–Crippen MR) is 109 cm³/mol. The minimum Gasteiger partial charge on any atom is -0.473 e. The van der Waals surface area contributed by atoms with Gasteiger partial charge in [-0.15, -0.1) is 0 Å². The summed E-state index contributed by atoms with van der Waals surface area (Å²) in [6, 6.07) is 8.33. The summed E-state index contributed by atoms with van der Waals surface area (Å²) in [6.07, 6.45) is -1.83. The number of hydrogen-bond acceptors (Lipinski definition) is 4. The largest absolute Gasteiger partial charge is 0.473 e. The van der Waals surface area contributed by atoms with Crippen molar-refractivity contribution in [2.75, 3.05) is 11.6 Å². The van der Waals surface area contributed by atoms with Gasteiger partial charge >= 0.3 is 11.8 Å². The van der Waals surface area contributed by atoms with Crippen LogP contribution in [0.25, 0.3) is 11.0 Å². The van der Waals surface area contributed by atoms with Gasteiger partial charge in [0.2, 0.25) is 0 Å². The Labute approximate surface area is 175 Å². The van der Waals surface area contributed by atoms with Gasteiger partial charge in [-0.25, -0.2) is 4.79 Å². The molecule has 0 fully saturated rings. The first-order chi connectivity index (χ1) is 14.3. The zero-order valence-corrected chi connectivity index (χ0v) is 16.9. The molecule has 0 unspecified atom stereocenters. The van der Waals surface area contributed by atoms with Gasteiger partial charge in [0.1, 0.15) is 11.3 Å². The molecule has 0 aliphatic carbocycles. The van der Waals surface area contributed by atoms with Crippen LogP contribution >= 0.6 is 11.6 Å². The lowest BCUT2D eigenvalue weighted by Crippen LogP contribution is -2.32. The number of benzene rings is 2. The average molecular weight is 438 g/mol. The number of unbranched alkanes of at least 4 members (excludes halogenated alkanes) is 1. The van der Waals surface area contributed by atoms with Crippen LogP contribution < -0.4 is 15.3 Å². The highest BCUT2D eigenvalue weighted by Gasteiger charge is 2.32. The van der Waals surface area contributed by atoms with Gasteiger partial charge in [-0.05, 0) is 48.7 Å². The van der Waals surface area contributed by atoms with Crippen LogP contribution in [-0.2, 0) is 19.1 Å². The highest BCUT2D eigenvalue weighted by molar-refractivity contribution is 6.33. The van der Waals surface area contributed by atoms with Crippen molar-refractivity contribution in [3.05, 3.63) is 68.5 Å². The highest BCUT2D eigenvalue weighted by Crippen LogP contribution is 2.39. The summed E-state index contributed by atoms with van der Waals surface area (Å²) in [6.45, 7) is 2.30. The first-order valence-electron chi connectivity index (χ1n) is 9.61. The van der Waals surface area contributed by atoms with Gasteiger partial charge in [-0.2, -0.15) is 13.2 Å². The fourth-order valence-corrected chi connectivity index (χ4v) is 3.90. The van der Waals surface area contributed by atoms with E-state index in [1.807, 2.05) is 6.07 Å². The number of anilines is 1. The molecular formula is C22H19ClF3NO3. The Morgan fingerprint density at radius 1 is 1.17 bits per heavy atom. The van der Waals surface area contributed by atoms with Crippen LogP contribution in [0.4, 0.5) is 18.9 Å². The SMILES string of the molecule is CCCCc1cc(=O)oc2c3c(ccc12)OCN(c1cc(C(F)(F)F)ccc1Cl)C3. The molecule has 2 aromatic carbocycles. The molecule has 1 aromatic heterocycles. The van der Waals surface area contributed by atoms with Crippen molar-refractivity contribution < 1.29 is 22.3 Å². The third-order valence-corrected chi connectivity index (χ3v) is 5.52. The summed E-state index contributed by atoms with van der Waals surface area (Å²) in [5.74, 6) is 0.539. The quantitative estimate of drug-likeness (QED) is 0.458. The zero-order chi connectivity index (χ0) is 21.5. The number of halogens is 4. The van der Waals surface area contributed by atoms with Crippen LogP contribution in [0.2, 0.25) is 5.02 Å². The van der Waals surface area contributed by atoms with Gasteiger partial charge in [-0.1, -0.05) is 24.9 Å². The van der Waals surface area contributed by atoms with Gasteiger partial charge in [-0.3, -0.25) is 0 Å². The molecule has 3 aromatic rings. The Balaban J connectivity index is 1.78. The van der Waals surface area contributed by atoms with Crippen molar-refractivity contribution in [2.45, 2.75) is 38.9 Å². The van der Waals surface area contributed by atoms with Gasteiger partial charge in [0.15, 0.2) is 6.73 Å². The maximum atomic E-state index is 13.2. The van der Waals surface area contributed by atoms with E-state index in [9.17, 15) is 18.0 Å². The summed E-state index contributed by atoms with van der Waals surface area (Å²) in [7, 11) is 0. The lowest BCUT2D eigenvalue weighted by atomic mass is 10.0. The second-order valence-corrected chi connectivity index (χ2v) is 7.66. The molecule has 0 saturated heterocycles. The normalized spacial score (nSPS) is 14.0. The number of hydrogen-bond donors (Lipinski definition) is 0. The Morgan fingerprint density at radius 3 is 2.70 bits per heavy atom. The average Bonchev–Trinajstić information content (AvgIpc) is 2.71. The fraction of sp³-hybridized carbons (Fsp3) is 0.318. The van der Waals surface area contributed by atoms with Crippen molar-refractivity contribution in [1.82, 2.24) is 0 Å². The number of nitrogens with zero attached hydrogens (tertiary/aromatic N) is 1. The molecular weight excluding hydrogens is 419 g/mol. The van der Waals surface area contributed by atoms with Gasteiger partial charge < -0.3 is 14.1 Å². The molecule has 30 heavy (non-hydrogen) atoms. The van der Waals surface area contributed by atoms with Crippen LogP contribution in [0.3, 0.4) is 0 Å². The number of ether oxygens (including phenoxy) is 1. The summed E-state index contributed by atoms with van der Waals surface area (Å²) in [4.78, 5) is 13.7. The number of alkyl halides is 3. The van der Waals surface area contributed by atoms with Crippen LogP contribution in [-0.4, -0.2) is 6.73 Å². The molecule has 4 nitrogen and oxygen atoms in total.